The summed E-state index contributed by atoms with van der Waals surface area (Å²) in [6.45, 7) is 0.951. The Kier molecular flexibility index (Phi) is 9.50. The number of phenolic OH excluding ortho intramolecular Hbond substituents is 3. The van der Waals surface area contributed by atoms with Crippen molar-refractivity contribution in [2.75, 3.05) is 20.8 Å². The van der Waals surface area contributed by atoms with Gasteiger partial charge in [-0.25, -0.2) is 0 Å². The summed E-state index contributed by atoms with van der Waals surface area (Å²) in [5.41, 5.74) is 0.506. The molecule has 0 radical (unpaired) electrons. The second-order valence-electron chi connectivity index (χ2n) is 10.9. The predicted octanol–water partition coefficient (Wildman–Crippen LogP) is -1.17. The molecule has 0 spiro atoms. The number of phenols is 3. The highest BCUT2D eigenvalue weighted by Gasteiger charge is 2.48. The normalized spacial score (nSPS) is 34.7. The Morgan fingerprint density at radius 1 is 0.756 bits per heavy atom. The maximum Gasteiger partial charge on any atom is 0.270 e. The lowest BCUT2D eigenvalue weighted by molar-refractivity contribution is -0.325. The first-order valence-corrected chi connectivity index (χ1v) is 13.9. The summed E-state index contributed by atoms with van der Waals surface area (Å²) in [5.74, 6) is -0.663. The van der Waals surface area contributed by atoms with Crippen LogP contribution in [0, 0.1) is 0 Å². The van der Waals surface area contributed by atoms with Gasteiger partial charge in [-0.15, -0.1) is 0 Å². The van der Waals surface area contributed by atoms with Gasteiger partial charge < -0.3 is 79.1 Å². The summed E-state index contributed by atoms with van der Waals surface area (Å²) in [7, 11) is 2.66. The monoisotopic (exact) mass is 641 g/mol. The van der Waals surface area contributed by atoms with Crippen LogP contribution < -0.4 is 9.47 Å². The molecular weight excluding hydrogens is 604 g/mol. The third kappa shape index (κ3) is 6.29. The van der Waals surface area contributed by atoms with E-state index in [-0.39, 0.29) is 45.8 Å². The number of aliphatic hydroxyl groups excluding tert-OH is 6. The average Bonchev–Trinajstić information content (AvgIpc) is 3.01. The van der Waals surface area contributed by atoms with Crippen LogP contribution >= 0.6 is 0 Å². The van der Waals surface area contributed by atoms with Gasteiger partial charge in [-0.2, -0.15) is 0 Å². The van der Waals surface area contributed by atoms with E-state index >= 15 is 0 Å². The molecule has 5 rings (SSSR count). The molecule has 10 N–H and O–H groups in total. The second-order valence-corrected chi connectivity index (χ2v) is 10.9. The zero-order valence-corrected chi connectivity index (χ0v) is 24.4. The van der Waals surface area contributed by atoms with E-state index in [0.717, 1.165) is 6.07 Å². The van der Waals surface area contributed by atoms with Crippen molar-refractivity contribution >= 4 is 6.08 Å². The summed E-state index contributed by atoms with van der Waals surface area (Å²) in [4.78, 5) is 0. The van der Waals surface area contributed by atoms with Crippen LogP contribution in [0.15, 0.2) is 30.0 Å². The molecule has 16 heteroatoms. The first-order chi connectivity index (χ1) is 21.3. The van der Waals surface area contributed by atoms with Crippen molar-refractivity contribution in [1.82, 2.24) is 0 Å². The maximum atomic E-state index is 10.8. The Balaban J connectivity index is 1.43. The van der Waals surface area contributed by atoms with E-state index in [1.807, 2.05) is 0 Å². The fraction of sp³-hybridized carbons (Fsp3) is 0.517. The number of rotatable bonds is 8. The molecule has 11 unspecified atom stereocenters. The quantitative estimate of drug-likeness (QED) is 0.154. The van der Waals surface area contributed by atoms with Gasteiger partial charge in [0.2, 0.25) is 12.0 Å². The van der Waals surface area contributed by atoms with E-state index in [0.29, 0.717) is 5.56 Å². The van der Waals surface area contributed by atoms with Crippen molar-refractivity contribution in [3.63, 3.8) is 0 Å². The van der Waals surface area contributed by atoms with E-state index in [1.54, 1.807) is 0 Å². The largest absolute Gasteiger partial charge is 0.571 e. The van der Waals surface area contributed by atoms with Crippen molar-refractivity contribution < 1.29 is 79.1 Å². The van der Waals surface area contributed by atoms with Crippen molar-refractivity contribution in [1.29, 1.82) is 0 Å². The van der Waals surface area contributed by atoms with Gasteiger partial charge in [-0.1, -0.05) is 0 Å². The summed E-state index contributed by atoms with van der Waals surface area (Å²) in [5, 5.41) is 93.4. The molecule has 2 fully saturated rings. The molecule has 0 saturated carbocycles. The van der Waals surface area contributed by atoms with Crippen LogP contribution in [0.25, 0.3) is 6.08 Å². The molecule has 3 heterocycles. The van der Waals surface area contributed by atoms with Gasteiger partial charge in [0.1, 0.15) is 59.8 Å². The standard InChI is InChI=1S/C29H36O16/c1-10-20(32)23(35)25(37)28(42-10)41-9-19-22(34)24(36)26(38)29(45-19)44-18-8-13-14(31)6-12(30)7-15(13)43-27(18)11-4-16(39-2)21(33)17(5-11)40-3/h4-8,10,19-20,22-38H,9H2,1-3H3/p+1. The van der Waals surface area contributed by atoms with Crippen molar-refractivity contribution in [3.05, 3.63) is 41.2 Å². The molecule has 3 aliphatic heterocycles. The number of benzene rings is 2. The molecule has 0 aliphatic carbocycles. The molecule has 0 aromatic heterocycles. The SMILES string of the molecule is COc1cc(C2[OH+]c3cc(O)cc(O)c3C=C2OC2OC(COC3OC(C)C(O)C(O)C3O)C(O)C(O)C2O)cc(OC)c1O. The van der Waals surface area contributed by atoms with Crippen LogP contribution in [-0.2, 0) is 18.9 Å². The van der Waals surface area contributed by atoms with Crippen molar-refractivity contribution in [2.24, 2.45) is 0 Å². The van der Waals surface area contributed by atoms with Crippen LogP contribution in [0.5, 0.6) is 34.5 Å². The van der Waals surface area contributed by atoms with Crippen molar-refractivity contribution in [2.45, 2.75) is 74.4 Å². The fourth-order valence-corrected chi connectivity index (χ4v) is 5.32. The molecule has 0 bridgehead atoms. The number of aromatic hydroxyl groups is 4. The molecule has 3 aliphatic rings. The number of hydrogen-bond acceptors (Lipinski definition) is 15. The average molecular weight is 642 g/mol. The summed E-state index contributed by atoms with van der Waals surface area (Å²) in [6, 6.07) is 5.30. The van der Waals surface area contributed by atoms with Gasteiger partial charge in [-0.05, 0) is 19.1 Å². The topological polar surface area (TPSA) is 250 Å². The number of ether oxygens (including phenoxy) is 7. The van der Waals surface area contributed by atoms with E-state index < -0.39 is 74.1 Å². The molecule has 2 saturated heterocycles. The molecule has 2 aromatic carbocycles. The summed E-state index contributed by atoms with van der Waals surface area (Å²) >= 11 is 0. The van der Waals surface area contributed by atoms with Gasteiger partial charge in [0.25, 0.3) is 11.9 Å². The Labute approximate surface area is 256 Å². The maximum absolute atomic E-state index is 10.8. The number of aliphatic hydroxyl groups is 7. The molecule has 0 amide bonds. The fourth-order valence-electron chi connectivity index (χ4n) is 5.32. The second kappa shape index (κ2) is 13.0. The number of hydrogen-bond donors (Lipinski definition) is 9. The Bertz CT molecular complexity index is 1370. The van der Waals surface area contributed by atoms with E-state index in [1.165, 1.54) is 45.4 Å². The lowest BCUT2D eigenvalue weighted by Crippen LogP contribution is -2.61. The Morgan fingerprint density at radius 3 is 2.02 bits per heavy atom. The van der Waals surface area contributed by atoms with Gasteiger partial charge >= 0.3 is 0 Å². The minimum atomic E-state index is -1.80. The smallest absolute Gasteiger partial charge is 0.270 e. The van der Waals surface area contributed by atoms with Gasteiger partial charge in [0, 0.05) is 12.1 Å². The molecular formula is C29H37O16+. The van der Waals surface area contributed by atoms with Crippen LogP contribution in [0.1, 0.15) is 24.2 Å². The zero-order chi connectivity index (χ0) is 32.7. The minimum Gasteiger partial charge on any atom is -0.571 e. The molecule has 45 heavy (non-hydrogen) atoms. The molecule has 16 nitrogen and oxygen atoms in total. The predicted molar refractivity (Wildman–Crippen MR) is 149 cm³/mol. The van der Waals surface area contributed by atoms with Crippen LogP contribution in [0.4, 0.5) is 0 Å². The Hall–Kier alpha value is -3.58. The summed E-state index contributed by atoms with van der Waals surface area (Å²) < 4.78 is 37.9. The van der Waals surface area contributed by atoms with Gasteiger partial charge in [0.05, 0.1) is 38.6 Å². The van der Waals surface area contributed by atoms with Gasteiger partial charge in [-0.3, -0.25) is 0 Å². The van der Waals surface area contributed by atoms with Gasteiger partial charge in [0.15, 0.2) is 23.5 Å². The van der Waals surface area contributed by atoms with Crippen LogP contribution in [0.2, 0.25) is 0 Å². The zero-order valence-electron chi connectivity index (χ0n) is 24.4. The summed E-state index contributed by atoms with van der Waals surface area (Å²) in [6.07, 6.45) is -14.9. The Morgan fingerprint density at radius 2 is 1.38 bits per heavy atom. The number of fused-ring (bicyclic) bond motifs is 1. The number of methoxy groups -OCH3 is 2. The molecule has 11 atom stereocenters. The highest BCUT2D eigenvalue weighted by molar-refractivity contribution is 5.69. The minimum absolute atomic E-state index is 0.0254. The molecule has 2 aromatic rings. The highest BCUT2D eigenvalue weighted by atomic mass is 16.7. The first-order valence-electron chi connectivity index (χ1n) is 13.9. The molecule has 248 valence electrons. The first kappa shape index (κ1) is 32.8. The third-order valence-electron chi connectivity index (χ3n) is 7.92. The lowest BCUT2D eigenvalue weighted by atomic mass is 9.98. The third-order valence-corrected chi connectivity index (χ3v) is 7.92. The van der Waals surface area contributed by atoms with E-state index in [2.05, 4.69) is 4.74 Å². The lowest BCUT2D eigenvalue weighted by Gasteiger charge is -2.42. The van der Waals surface area contributed by atoms with Crippen LogP contribution in [0.3, 0.4) is 0 Å². The highest BCUT2D eigenvalue weighted by Crippen LogP contribution is 2.48. The van der Waals surface area contributed by atoms with Crippen LogP contribution in [-0.4, -0.2) is 133 Å². The van der Waals surface area contributed by atoms with Crippen molar-refractivity contribution in [3.8, 4) is 34.5 Å². The van der Waals surface area contributed by atoms with E-state index in [9.17, 15) is 46.0 Å². The van der Waals surface area contributed by atoms with E-state index in [4.69, 9.17) is 28.4 Å².